The van der Waals surface area contributed by atoms with E-state index >= 15 is 0 Å². The maximum atomic E-state index is 2.45. The molecule has 0 fully saturated rings. The highest BCUT2D eigenvalue weighted by molar-refractivity contribution is 5.75. The molecule has 2 aromatic carbocycles. The lowest BCUT2D eigenvalue weighted by molar-refractivity contribution is 0.818. The van der Waals surface area contributed by atoms with Crippen molar-refractivity contribution < 1.29 is 0 Å². The molecule has 0 saturated heterocycles. The molecule has 20 heavy (non-hydrogen) atoms. The molecule has 0 aromatic heterocycles. The lowest BCUT2D eigenvalue weighted by Crippen LogP contribution is -2.23. The fraction of sp³-hybridized carbons (Fsp3) is 0.368. The summed E-state index contributed by atoms with van der Waals surface area (Å²) in [4.78, 5) is 2.45. The van der Waals surface area contributed by atoms with Crippen molar-refractivity contribution in [1.29, 1.82) is 0 Å². The maximum absolute atomic E-state index is 2.45. The Bertz CT molecular complexity index is 539. The van der Waals surface area contributed by atoms with Gasteiger partial charge in [-0.05, 0) is 42.5 Å². The summed E-state index contributed by atoms with van der Waals surface area (Å²) in [5.74, 6) is 0.516. The Balaban J connectivity index is 2.61. The Morgan fingerprint density at radius 3 is 2.05 bits per heavy atom. The average Bonchev–Trinajstić information content (AvgIpc) is 2.49. The summed E-state index contributed by atoms with van der Waals surface area (Å²) in [6.07, 6.45) is 0. The molecule has 0 atom stereocenters. The number of hydrogen-bond donors (Lipinski definition) is 0. The van der Waals surface area contributed by atoms with Crippen molar-refractivity contribution in [1.82, 2.24) is 0 Å². The van der Waals surface area contributed by atoms with Crippen LogP contribution in [0.4, 0.5) is 5.69 Å². The standard InChI is InChI=1S/C19H25N/c1-5-20(6-2)18-14-10-13-17(19(18)15(3)4)16-11-8-7-9-12-16/h7-15H,5-6H2,1-4H3. The second kappa shape index (κ2) is 6.60. The van der Waals surface area contributed by atoms with Crippen molar-refractivity contribution in [3.05, 3.63) is 54.1 Å². The smallest absolute Gasteiger partial charge is 0.0407 e. The van der Waals surface area contributed by atoms with Gasteiger partial charge in [-0.25, -0.2) is 0 Å². The van der Waals surface area contributed by atoms with Gasteiger partial charge >= 0.3 is 0 Å². The predicted molar refractivity (Wildman–Crippen MR) is 89.5 cm³/mol. The minimum Gasteiger partial charge on any atom is -0.372 e. The number of benzene rings is 2. The molecule has 0 radical (unpaired) electrons. The van der Waals surface area contributed by atoms with Crippen molar-refractivity contribution in [2.75, 3.05) is 18.0 Å². The van der Waals surface area contributed by atoms with Crippen molar-refractivity contribution in [3.8, 4) is 11.1 Å². The summed E-state index contributed by atoms with van der Waals surface area (Å²) in [5, 5.41) is 0. The number of rotatable bonds is 5. The van der Waals surface area contributed by atoms with Gasteiger partial charge in [0, 0.05) is 18.8 Å². The highest BCUT2D eigenvalue weighted by Crippen LogP contribution is 2.36. The van der Waals surface area contributed by atoms with E-state index in [-0.39, 0.29) is 0 Å². The molecule has 0 amide bonds. The second-order valence-electron chi connectivity index (χ2n) is 5.43. The van der Waals surface area contributed by atoms with Gasteiger partial charge < -0.3 is 4.90 Å². The zero-order valence-corrected chi connectivity index (χ0v) is 13.1. The van der Waals surface area contributed by atoms with E-state index in [1.807, 2.05) is 0 Å². The molecular weight excluding hydrogens is 242 g/mol. The van der Waals surface area contributed by atoms with Crippen LogP contribution in [0, 0.1) is 0 Å². The van der Waals surface area contributed by atoms with E-state index in [0.717, 1.165) is 13.1 Å². The first-order valence-corrected chi connectivity index (χ1v) is 7.62. The topological polar surface area (TPSA) is 3.24 Å². The molecule has 0 aliphatic rings. The Labute approximate surface area is 123 Å². The van der Waals surface area contributed by atoms with Gasteiger partial charge in [-0.2, -0.15) is 0 Å². The molecule has 0 N–H and O–H groups in total. The third-order valence-corrected chi connectivity index (χ3v) is 3.85. The molecule has 1 nitrogen and oxygen atoms in total. The third-order valence-electron chi connectivity index (χ3n) is 3.85. The highest BCUT2D eigenvalue weighted by Gasteiger charge is 2.16. The van der Waals surface area contributed by atoms with Crippen molar-refractivity contribution in [2.24, 2.45) is 0 Å². The fourth-order valence-electron chi connectivity index (χ4n) is 2.87. The van der Waals surface area contributed by atoms with E-state index in [0.29, 0.717) is 5.92 Å². The SMILES string of the molecule is CCN(CC)c1cccc(-c2ccccc2)c1C(C)C. The summed E-state index contributed by atoms with van der Waals surface area (Å²) >= 11 is 0. The van der Waals surface area contributed by atoms with E-state index in [9.17, 15) is 0 Å². The average molecular weight is 267 g/mol. The van der Waals surface area contributed by atoms with E-state index in [2.05, 4.69) is 81.1 Å². The van der Waals surface area contributed by atoms with Crippen LogP contribution in [0.25, 0.3) is 11.1 Å². The zero-order valence-electron chi connectivity index (χ0n) is 13.1. The molecule has 106 valence electrons. The first kappa shape index (κ1) is 14.6. The van der Waals surface area contributed by atoms with Gasteiger partial charge in [-0.15, -0.1) is 0 Å². The molecule has 0 aliphatic heterocycles. The number of nitrogens with zero attached hydrogens (tertiary/aromatic N) is 1. The van der Waals surface area contributed by atoms with Crippen LogP contribution in [0.5, 0.6) is 0 Å². The molecule has 0 spiro atoms. The number of hydrogen-bond acceptors (Lipinski definition) is 1. The van der Waals surface area contributed by atoms with Crippen LogP contribution in [0.2, 0.25) is 0 Å². The summed E-state index contributed by atoms with van der Waals surface area (Å²) < 4.78 is 0. The minimum absolute atomic E-state index is 0.516. The fourth-order valence-corrected chi connectivity index (χ4v) is 2.87. The van der Waals surface area contributed by atoms with Crippen molar-refractivity contribution in [2.45, 2.75) is 33.6 Å². The monoisotopic (exact) mass is 267 g/mol. The van der Waals surface area contributed by atoms with Gasteiger partial charge in [0.25, 0.3) is 0 Å². The normalized spacial score (nSPS) is 10.8. The van der Waals surface area contributed by atoms with Gasteiger partial charge in [0.05, 0.1) is 0 Å². The molecule has 0 unspecified atom stereocenters. The van der Waals surface area contributed by atoms with Crippen molar-refractivity contribution >= 4 is 5.69 Å². The van der Waals surface area contributed by atoms with E-state index < -0.39 is 0 Å². The Morgan fingerprint density at radius 2 is 1.50 bits per heavy atom. The van der Waals surface area contributed by atoms with Crippen LogP contribution in [-0.2, 0) is 0 Å². The molecule has 0 bridgehead atoms. The minimum atomic E-state index is 0.516. The molecule has 0 heterocycles. The van der Waals surface area contributed by atoms with Gasteiger partial charge in [0.15, 0.2) is 0 Å². The van der Waals surface area contributed by atoms with Crippen molar-refractivity contribution in [3.63, 3.8) is 0 Å². The lowest BCUT2D eigenvalue weighted by Gasteiger charge is -2.27. The molecular formula is C19H25N. The molecule has 0 saturated carbocycles. The lowest BCUT2D eigenvalue weighted by atomic mass is 9.90. The highest BCUT2D eigenvalue weighted by atomic mass is 15.1. The van der Waals surface area contributed by atoms with Gasteiger partial charge in [0.2, 0.25) is 0 Å². The molecule has 2 aromatic rings. The Kier molecular flexibility index (Phi) is 4.84. The second-order valence-corrected chi connectivity index (χ2v) is 5.43. The molecule has 0 aliphatic carbocycles. The quantitative estimate of drug-likeness (QED) is 0.708. The van der Waals surface area contributed by atoms with Crippen LogP contribution in [0.3, 0.4) is 0 Å². The summed E-state index contributed by atoms with van der Waals surface area (Å²) in [7, 11) is 0. The summed E-state index contributed by atoms with van der Waals surface area (Å²) in [5.41, 5.74) is 5.52. The van der Waals surface area contributed by atoms with Crippen LogP contribution in [0.15, 0.2) is 48.5 Å². The first-order valence-electron chi connectivity index (χ1n) is 7.62. The van der Waals surface area contributed by atoms with Crippen LogP contribution < -0.4 is 4.90 Å². The maximum Gasteiger partial charge on any atom is 0.0407 e. The largest absolute Gasteiger partial charge is 0.372 e. The van der Waals surface area contributed by atoms with Gasteiger partial charge in [-0.1, -0.05) is 56.3 Å². The Morgan fingerprint density at radius 1 is 0.850 bits per heavy atom. The Hall–Kier alpha value is -1.76. The summed E-state index contributed by atoms with van der Waals surface area (Å²) in [6, 6.07) is 17.4. The van der Waals surface area contributed by atoms with Gasteiger partial charge in [0.1, 0.15) is 0 Å². The molecule has 1 heteroatoms. The van der Waals surface area contributed by atoms with E-state index in [1.165, 1.54) is 22.4 Å². The van der Waals surface area contributed by atoms with Crippen LogP contribution >= 0.6 is 0 Å². The van der Waals surface area contributed by atoms with Crippen LogP contribution in [-0.4, -0.2) is 13.1 Å². The predicted octanol–water partition coefficient (Wildman–Crippen LogP) is 5.32. The number of anilines is 1. The zero-order chi connectivity index (χ0) is 14.5. The summed E-state index contributed by atoms with van der Waals surface area (Å²) in [6.45, 7) is 11.1. The van der Waals surface area contributed by atoms with E-state index in [4.69, 9.17) is 0 Å². The third kappa shape index (κ3) is 2.87. The molecule has 2 rings (SSSR count). The van der Waals surface area contributed by atoms with E-state index in [1.54, 1.807) is 0 Å². The van der Waals surface area contributed by atoms with Gasteiger partial charge in [-0.3, -0.25) is 0 Å². The van der Waals surface area contributed by atoms with Crippen LogP contribution in [0.1, 0.15) is 39.2 Å². The first-order chi connectivity index (χ1) is 9.69.